The number of hydrogen-bond donors (Lipinski definition) is 2. The van der Waals surface area contributed by atoms with Gasteiger partial charge in [0.1, 0.15) is 6.33 Å². The van der Waals surface area contributed by atoms with Gasteiger partial charge in [-0.1, -0.05) is 12.1 Å². The molecule has 1 heterocycles. The maximum absolute atomic E-state index is 12.5. The van der Waals surface area contributed by atoms with Gasteiger partial charge in [-0.05, 0) is 48.5 Å². The van der Waals surface area contributed by atoms with E-state index in [9.17, 15) is 13.2 Å². The highest BCUT2D eigenvalue weighted by molar-refractivity contribution is 7.89. The highest BCUT2D eigenvalue weighted by Gasteiger charge is 2.17. The maximum Gasteiger partial charge on any atom is 0.240 e. The van der Waals surface area contributed by atoms with Crippen LogP contribution < -0.4 is 19.5 Å². The summed E-state index contributed by atoms with van der Waals surface area (Å²) in [5, 5.41) is 2.78. The van der Waals surface area contributed by atoms with Gasteiger partial charge in [-0.2, -0.15) is 0 Å². The number of ether oxygens (including phenoxy) is 2. The highest BCUT2D eigenvalue weighted by Crippen LogP contribution is 2.29. The van der Waals surface area contributed by atoms with Gasteiger partial charge in [-0.25, -0.2) is 18.1 Å². The van der Waals surface area contributed by atoms with Crippen LogP contribution in [0.5, 0.6) is 11.5 Å². The summed E-state index contributed by atoms with van der Waals surface area (Å²) in [6, 6.07) is 19.4. The zero-order valence-electron chi connectivity index (χ0n) is 18.7. The summed E-state index contributed by atoms with van der Waals surface area (Å²) in [5.41, 5.74) is 3.41. The minimum absolute atomic E-state index is 0.0215. The Balaban J connectivity index is 1.33. The summed E-state index contributed by atoms with van der Waals surface area (Å²) in [6.45, 7) is -0.0539. The Morgan fingerprint density at radius 3 is 2.44 bits per heavy atom. The molecular formula is C24H24N4O5S. The molecule has 176 valence electrons. The summed E-state index contributed by atoms with van der Waals surface area (Å²) < 4.78 is 39.7. The second kappa shape index (κ2) is 9.94. The molecule has 10 heteroatoms. The first-order valence-electron chi connectivity index (χ1n) is 10.5. The van der Waals surface area contributed by atoms with Crippen LogP contribution in [0.25, 0.3) is 16.7 Å². The number of nitrogens with zero attached hydrogens (tertiary/aromatic N) is 2. The lowest BCUT2D eigenvalue weighted by Gasteiger charge is -2.11. The van der Waals surface area contributed by atoms with Crippen molar-refractivity contribution in [1.82, 2.24) is 14.3 Å². The predicted octanol–water partition coefficient (Wildman–Crippen LogP) is 3.35. The zero-order valence-corrected chi connectivity index (χ0v) is 19.5. The van der Waals surface area contributed by atoms with Crippen molar-refractivity contribution in [3.63, 3.8) is 0 Å². The van der Waals surface area contributed by atoms with E-state index in [4.69, 9.17) is 9.47 Å². The van der Waals surface area contributed by atoms with E-state index in [0.29, 0.717) is 17.2 Å². The molecule has 0 aliphatic carbocycles. The number of carbonyl (C=O) groups is 1. The molecule has 0 atom stereocenters. The number of rotatable bonds is 9. The minimum Gasteiger partial charge on any atom is -0.493 e. The van der Waals surface area contributed by atoms with Gasteiger partial charge in [0.15, 0.2) is 11.5 Å². The Bertz CT molecular complexity index is 1420. The molecule has 0 unspecified atom stereocenters. The summed E-state index contributed by atoms with van der Waals surface area (Å²) in [7, 11) is -0.914. The first-order chi connectivity index (χ1) is 16.4. The third-order valence-electron chi connectivity index (χ3n) is 5.19. The lowest BCUT2D eigenvalue weighted by molar-refractivity contribution is -0.116. The van der Waals surface area contributed by atoms with Crippen LogP contribution in [0.4, 0.5) is 5.69 Å². The number of sulfonamides is 1. The molecule has 4 aromatic rings. The number of hydrogen-bond acceptors (Lipinski definition) is 6. The molecule has 0 radical (unpaired) electrons. The van der Waals surface area contributed by atoms with E-state index in [0.717, 1.165) is 16.7 Å². The van der Waals surface area contributed by atoms with Gasteiger partial charge >= 0.3 is 0 Å². The quantitative estimate of drug-likeness (QED) is 0.380. The number of methoxy groups -OCH3 is 2. The second-order valence-electron chi connectivity index (χ2n) is 7.36. The SMILES string of the molecule is COc1ccc(S(=O)(=O)NCCC(=O)Nc2ccc(-n3cnc4ccccc43)cc2)cc1OC. The highest BCUT2D eigenvalue weighted by atomic mass is 32.2. The van der Waals surface area contributed by atoms with E-state index in [1.807, 2.05) is 41.0 Å². The summed E-state index contributed by atoms with van der Waals surface area (Å²) in [4.78, 5) is 16.7. The lowest BCUT2D eigenvalue weighted by Crippen LogP contribution is -2.27. The van der Waals surface area contributed by atoms with Gasteiger partial charge in [0.2, 0.25) is 15.9 Å². The molecule has 0 fully saturated rings. The molecule has 0 saturated carbocycles. The number of para-hydroxylation sites is 2. The van der Waals surface area contributed by atoms with E-state index >= 15 is 0 Å². The lowest BCUT2D eigenvalue weighted by atomic mass is 10.2. The fourth-order valence-corrected chi connectivity index (χ4v) is 4.51. The van der Waals surface area contributed by atoms with Crippen LogP contribution in [0, 0.1) is 0 Å². The van der Waals surface area contributed by atoms with Gasteiger partial charge in [0, 0.05) is 30.4 Å². The summed E-state index contributed by atoms with van der Waals surface area (Å²) >= 11 is 0. The first-order valence-corrected chi connectivity index (χ1v) is 11.9. The van der Waals surface area contributed by atoms with Crippen molar-refractivity contribution in [2.24, 2.45) is 0 Å². The molecular weight excluding hydrogens is 456 g/mol. The predicted molar refractivity (Wildman–Crippen MR) is 129 cm³/mol. The van der Waals surface area contributed by atoms with Crippen molar-refractivity contribution in [2.75, 3.05) is 26.1 Å². The number of fused-ring (bicyclic) bond motifs is 1. The molecule has 3 aromatic carbocycles. The Labute approximate surface area is 197 Å². The van der Waals surface area contributed by atoms with Crippen LogP contribution in [0.15, 0.2) is 78.0 Å². The molecule has 34 heavy (non-hydrogen) atoms. The van der Waals surface area contributed by atoms with Crippen molar-refractivity contribution in [3.05, 3.63) is 73.1 Å². The monoisotopic (exact) mass is 480 g/mol. The number of nitrogens with one attached hydrogen (secondary N) is 2. The van der Waals surface area contributed by atoms with Gasteiger partial charge in [0.25, 0.3) is 0 Å². The van der Waals surface area contributed by atoms with Crippen LogP contribution in [0.2, 0.25) is 0 Å². The van der Waals surface area contributed by atoms with Crippen molar-refractivity contribution >= 4 is 32.7 Å². The smallest absolute Gasteiger partial charge is 0.240 e. The number of anilines is 1. The molecule has 0 saturated heterocycles. The van der Waals surface area contributed by atoms with Gasteiger partial charge < -0.3 is 14.8 Å². The van der Waals surface area contributed by atoms with Crippen LogP contribution in [0.1, 0.15) is 6.42 Å². The van der Waals surface area contributed by atoms with Gasteiger partial charge in [-0.3, -0.25) is 9.36 Å². The van der Waals surface area contributed by atoms with Gasteiger partial charge in [0.05, 0.1) is 30.1 Å². The summed E-state index contributed by atoms with van der Waals surface area (Å²) in [5.74, 6) is 0.416. The van der Waals surface area contributed by atoms with Crippen LogP contribution in [-0.2, 0) is 14.8 Å². The molecule has 0 bridgehead atoms. The zero-order chi connectivity index (χ0) is 24.1. The molecule has 0 aliphatic rings. The topological polar surface area (TPSA) is 112 Å². The Hall–Kier alpha value is -3.89. The molecule has 4 rings (SSSR count). The van der Waals surface area contributed by atoms with E-state index in [1.165, 1.54) is 32.4 Å². The fourth-order valence-electron chi connectivity index (χ4n) is 3.46. The standard InChI is InChI=1S/C24H24N4O5S/c1-32-22-12-11-19(15-23(22)33-2)34(30,31)26-14-13-24(29)27-17-7-9-18(10-8-17)28-16-25-20-5-3-4-6-21(20)28/h3-12,15-16,26H,13-14H2,1-2H3,(H,27,29). The normalized spacial score (nSPS) is 11.4. The van der Waals surface area contributed by atoms with Crippen LogP contribution in [0.3, 0.4) is 0 Å². The number of aromatic nitrogens is 2. The number of carbonyl (C=O) groups excluding carboxylic acids is 1. The Morgan fingerprint density at radius 2 is 1.71 bits per heavy atom. The van der Waals surface area contributed by atoms with Crippen molar-refractivity contribution in [1.29, 1.82) is 0 Å². The molecule has 2 N–H and O–H groups in total. The van der Waals surface area contributed by atoms with Crippen molar-refractivity contribution in [2.45, 2.75) is 11.3 Å². The largest absolute Gasteiger partial charge is 0.493 e. The van der Waals surface area contributed by atoms with Crippen molar-refractivity contribution in [3.8, 4) is 17.2 Å². The van der Waals surface area contributed by atoms with E-state index in [2.05, 4.69) is 15.0 Å². The van der Waals surface area contributed by atoms with Crippen LogP contribution >= 0.6 is 0 Å². The summed E-state index contributed by atoms with van der Waals surface area (Å²) in [6.07, 6.45) is 1.73. The number of amides is 1. The molecule has 0 spiro atoms. The molecule has 9 nitrogen and oxygen atoms in total. The van der Waals surface area contributed by atoms with Gasteiger partial charge in [-0.15, -0.1) is 0 Å². The number of imidazole rings is 1. The maximum atomic E-state index is 12.5. The minimum atomic E-state index is -3.81. The third kappa shape index (κ3) is 5.03. The van der Waals surface area contributed by atoms with E-state index < -0.39 is 10.0 Å². The van der Waals surface area contributed by atoms with Crippen molar-refractivity contribution < 1.29 is 22.7 Å². The second-order valence-corrected chi connectivity index (χ2v) is 9.13. The molecule has 1 aromatic heterocycles. The third-order valence-corrected chi connectivity index (χ3v) is 6.65. The Kier molecular flexibility index (Phi) is 6.80. The average Bonchev–Trinajstić information content (AvgIpc) is 3.28. The van der Waals surface area contributed by atoms with E-state index in [1.54, 1.807) is 18.5 Å². The Morgan fingerprint density at radius 1 is 0.971 bits per heavy atom. The first kappa shape index (κ1) is 23.3. The molecule has 0 aliphatic heterocycles. The molecule has 1 amide bonds. The number of benzene rings is 3. The average molecular weight is 481 g/mol. The fraction of sp³-hybridized carbons (Fsp3) is 0.167. The van der Waals surface area contributed by atoms with E-state index in [-0.39, 0.29) is 23.8 Å². The van der Waals surface area contributed by atoms with Crippen LogP contribution in [-0.4, -0.2) is 44.6 Å².